The lowest BCUT2D eigenvalue weighted by molar-refractivity contribution is -0.386. The van der Waals surface area contributed by atoms with Crippen molar-refractivity contribution in [3.05, 3.63) is 89.1 Å². The van der Waals surface area contributed by atoms with Crippen LogP contribution in [0.4, 0.5) is 8.78 Å². The van der Waals surface area contributed by atoms with Crippen LogP contribution in [0, 0.1) is 11.6 Å². The van der Waals surface area contributed by atoms with E-state index in [1.165, 1.54) is 24.3 Å². The van der Waals surface area contributed by atoms with Gasteiger partial charge in [-0.15, -0.1) is 0 Å². The zero-order valence-electron chi connectivity index (χ0n) is 14.4. The molecule has 7 heteroatoms. The summed E-state index contributed by atoms with van der Waals surface area (Å²) in [4.78, 5) is 16.3. The molecule has 2 aromatic carbocycles. The summed E-state index contributed by atoms with van der Waals surface area (Å²) in [6.45, 7) is 0.953. The van der Waals surface area contributed by atoms with E-state index < -0.39 is 17.5 Å². The zero-order valence-corrected chi connectivity index (χ0v) is 14.4. The van der Waals surface area contributed by atoms with Crippen molar-refractivity contribution in [2.24, 2.45) is 0 Å². The van der Waals surface area contributed by atoms with E-state index in [0.29, 0.717) is 6.54 Å². The third-order valence-electron chi connectivity index (χ3n) is 3.86. The highest BCUT2D eigenvalue weighted by molar-refractivity contribution is 5.96. The molecule has 3 aromatic rings. The Hall–Kier alpha value is -3.32. The van der Waals surface area contributed by atoms with Crippen LogP contribution in [0.15, 0.2) is 60.8 Å². The van der Waals surface area contributed by atoms with Crippen LogP contribution in [-0.2, 0) is 13.1 Å². The fraction of sp³-hybridized carbons (Fsp3) is 0.100. The van der Waals surface area contributed by atoms with Gasteiger partial charge >= 0.3 is 0 Å². The van der Waals surface area contributed by atoms with Gasteiger partial charge in [0.15, 0.2) is 0 Å². The van der Waals surface area contributed by atoms with Crippen molar-refractivity contribution in [3.63, 3.8) is 0 Å². The van der Waals surface area contributed by atoms with Crippen LogP contribution in [0.2, 0.25) is 0 Å². The van der Waals surface area contributed by atoms with Crippen LogP contribution in [0.1, 0.15) is 21.5 Å². The first-order chi connectivity index (χ1) is 13.0. The van der Waals surface area contributed by atoms with Gasteiger partial charge in [0.1, 0.15) is 22.9 Å². The van der Waals surface area contributed by atoms with E-state index in [1.54, 1.807) is 0 Å². The highest BCUT2D eigenvalue weighted by Crippen LogP contribution is 2.24. The molecule has 0 spiro atoms. The number of amides is 1. The van der Waals surface area contributed by atoms with E-state index >= 15 is 0 Å². The molecule has 3 rings (SSSR count). The molecule has 138 valence electrons. The standard InChI is InChI=1S/C20H17F2N3O2/c21-15-5-7-17(8-6-15)27-20-18(9-16(22)12-25-20)19(26)24-11-14-3-1-13(10-23)2-4-14/h1-9,12H,10-11,23H2,(H,24,26)/p+1. The molecule has 1 amide bonds. The maximum atomic E-state index is 13.6. The van der Waals surface area contributed by atoms with E-state index in [4.69, 9.17) is 4.74 Å². The lowest BCUT2D eigenvalue weighted by atomic mass is 10.1. The summed E-state index contributed by atoms with van der Waals surface area (Å²) in [5, 5.41) is 2.71. The molecule has 4 N–H and O–H groups in total. The van der Waals surface area contributed by atoms with E-state index in [2.05, 4.69) is 16.0 Å². The van der Waals surface area contributed by atoms with Gasteiger partial charge in [0, 0.05) is 12.1 Å². The largest absolute Gasteiger partial charge is 0.438 e. The predicted molar refractivity (Wildman–Crippen MR) is 94.9 cm³/mol. The lowest BCUT2D eigenvalue weighted by Gasteiger charge is -2.11. The minimum atomic E-state index is -0.661. The maximum absolute atomic E-state index is 13.6. The number of ether oxygens (including phenoxy) is 1. The Morgan fingerprint density at radius 3 is 2.33 bits per heavy atom. The van der Waals surface area contributed by atoms with Gasteiger partial charge in [-0.25, -0.2) is 13.8 Å². The van der Waals surface area contributed by atoms with Crippen molar-refractivity contribution in [1.82, 2.24) is 10.3 Å². The topological polar surface area (TPSA) is 78.9 Å². The second-order valence-electron chi connectivity index (χ2n) is 5.81. The van der Waals surface area contributed by atoms with Crippen LogP contribution in [0.3, 0.4) is 0 Å². The number of hydrogen-bond acceptors (Lipinski definition) is 3. The van der Waals surface area contributed by atoms with Crippen LogP contribution < -0.4 is 15.8 Å². The number of benzene rings is 2. The van der Waals surface area contributed by atoms with E-state index in [0.717, 1.165) is 23.4 Å². The quantitative estimate of drug-likeness (QED) is 0.700. The Labute approximate surface area is 154 Å². The molecule has 0 aliphatic carbocycles. The highest BCUT2D eigenvalue weighted by Gasteiger charge is 2.16. The van der Waals surface area contributed by atoms with Gasteiger partial charge in [-0.3, -0.25) is 4.79 Å². The average molecular weight is 370 g/mol. The third kappa shape index (κ3) is 4.86. The molecule has 1 aromatic heterocycles. The molecular weight excluding hydrogens is 352 g/mol. The molecule has 0 radical (unpaired) electrons. The normalized spacial score (nSPS) is 10.5. The Balaban J connectivity index is 1.74. The number of nitrogens with one attached hydrogen (secondary N) is 1. The second kappa shape index (κ2) is 8.37. The van der Waals surface area contributed by atoms with E-state index in [1.807, 2.05) is 24.3 Å². The summed E-state index contributed by atoms with van der Waals surface area (Å²) in [7, 11) is 0. The summed E-state index contributed by atoms with van der Waals surface area (Å²) in [6, 6.07) is 13.9. The second-order valence-corrected chi connectivity index (χ2v) is 5.81. The number of aromatic nitrogens is 1. The van der Waals surface area contributed by atoms with Crippen molar-refractivity contribution in [2.75, 3.05) is 0 Å². The first-order valence-electron chi connectivity index (χ1n) is 8.29. The molecule has 1 heterocycles. The summed E-state index contributed by atoms with van der Waals surface area (Å²) >= 11 is 0. The fourth-order valence-corrected chi connectivity index (χ4v) is 2.39. The monoisotopic (exact) mass is 370 g/mol. The maximum Gasteiger partial charge on any atom is 0.257 e. The molecular formula is C20H18F2N3O2+. The Morgan fingerprint density at radius 1 is 1.00 bits per heavy atom. The third-order valence-corrected chi connectivity index (χ3v) is 3.86. The first-order valence-corrected chi connectivity index (χ1v) is 8.29. The average Bonchev–Trinajstić information content (AvgIpc) is 2.69. The van der Waals surface area contributed by atoms with Crippen molar-refractivity contribution in [3.8, 4) is 11.6 Å². The van der Waals surface area contributed by atoms with Gasteiger partial charge in [0.25, 0.3) is 5.91 Å². The van der Waals surface area contributed by atoms with Crippen LogP contribution in [-0.4, -0.2) is 10.9 Å². The molecule has 0 bridgehead atoms. The zero-order chi connectivity index (χ0) is 19.2. The number of pyridine rings is 1. The van der Waals surface area contributed by atoms with Crippen molar-refractivity contribution < 1.29 is 24.0 Å². The minimum Gasteiger partial charge on any atom is -0.438 e. The number of carbonyl (C=O) groups is 1. The summed E-state index contributed by atoms with van der Waals surface area (Å²) in [6.07, 6.45) is 0.952. The summed E-state index contributed by atoms with van der Waals surface area (Å²) < 4.78 is 32.1. The fourth-order valence-electron chi connectivity index (χ4n) is 2.39. The minimum absolute atomic E-state index is 0.0475. The first kappa shape index (κ1) is 18.5. The van der Waals surface area contributed by atoms with Crippen molar-refractivity contribution in [2.45, 2.75) is 13.1 Å². The number of nitrogens with zero attached hydrogens (tertiary/aromatic N) is 1. The molecule has 0 aliphatic rings. The molecule has 0 fully saturated rings. The SMILES string of the molecule is [NH3+]Cc1ccc(CNC(=O)c2cc(F)cnc2Oc2ccc(F)cc2)cc1. The number of carbonyl (C=O) groups excluding carboxylic acids is 1. The summed E-state index contributed by atoms with van der Waals surface area (Å²) in [5.41, 5.74) is 5.75. The number of halogens is 2. The summed E-state index contributed by atoms with van der Waals surface area (Å²) in [5.74, 6) is -1.38. The Morgan fingerprint density at radius 2 is 1.67 bits per heavy atom. The predicted octanol–water partition coefficient (Wildman–Crippen LogP) is 2.82. The Kier molecular flexibility index (Phi) is 5.73. The van der Waals surface area contributed by atoms with Gasteiger partial charge in [-0.2, -0.15) is 0 Å². The van der Waals surface area contributed by atoms with Gasteiger partial charge in [-0.1, -0.05) is 24.3 Å². The van der Waals surface area contributed by atoms with Gasteiger partial charge in [0.05, 0.1) is 12.7 Å². The smallest absolute Gasteiger partial charge is 0.257 e. The van der Waals surface area contributed by atoms with Gasteiger partial charge in [-0.05, 0) is 35.9 Å². The van der Waals surface area contributed by atoms with Crippen LogP contribution >= 0.6 is 0 Å². The lowest BCUT2D eigenvalue weighted by Crippen LogP contribution is -2.47. The Bertz CT molecular complexity index is 929. The number of hydrogen-bond donors (Lipinski definition) is 2. The van der Waals surface area contributed by atoms with E-state index in [-0.39, 0.29) is 23.7 Å². The van der Waals surface area contributed by atoms with Crippen LogP contribution in [0.5, 0.6) is 11.6 Å². The molecule has 0 atom stereocenters. The number of rotatable bonds is 6. The highest BCUT2D eigenvalue weighted by atomic mass is 19.1. The number of quaternary nitrogens is 1. The molecule has 0 saturated heterocycles. The molecule has 0 saturated carbocycles. The molecule has 0 unspecified atom stereocenters. The van der Waals surface area contributed by atoms with Crippen molar-refractivity contribution in [1.29, 1.82) is 0 Å². The van der Waals surface area contributed by atoms with Gasteiger partial charge < -0.3 is 15.8 Å². The molecule has 0 aliphatic heterocycles. The van der Waals surface area contributed by atoms with Crippen molar-refractivity contribution >= 4 is 5.91 Å². The van der Waals surface area contributed by atoms with Crippen LogP contribution in [0.25, 0.3) is 0 Å². The molecule has 27 heavy (non-hydrogen) atoms. The van der Waals surface area contributed by atoms with Gasteiger partial charge in [0.2, 0.25) is 5.88 Å². The molecule has 5 nitrogen and oxygen atoms in total. The van der Waals surface area contributed by atoms with E-state index in [9.17, 15) is 13.6 Å².